The van der Waals surface area contributed by atoms with Gasteiger partial charge in [-0.15, -0.1) is 0 Å². The molecular weight excluding hydrogens is 178 g/mol. The zero-order valence-corrected chi connectivity index (χ0v) is 8.07. The van der Waals surface area contributed by atoms with Gasteiger partial charge in [-0.3, -0.25) is 4.79 Å². The second kappa shape index (κ2) is 3.74. The summed E-state index contributed by atoms with van der Waals surface area (Å²) < 4.78 is 0. The van der Waals surface area contributed by atoms with Crippen LogP contribution in [-0.4, -0.2) is 29.9 Å². The van der Waals surface area contributed by atoms with Gasteiger partial charge in [-0.2, -0.15) is 0 Å². The highest BCUT2D eigenvalue weighted by Crippen LogP contribution is 2.15. The van der Waals surface area contributed by atoms with Crippen molar-refractivity contribution in [3.05, 3.63) is 24.0 Å². The molecule has 3 N–H and O–H groups in total. The highest BCUT2D eigenvalue weighted by atomic mass is 16.1. The fourth-order valence-electron chi connectivity index (χ4n) is 1.83. The molecule has 0 aliphatic carbocycles. The first-order valence-corrected chi connectivity index (χ1v) is 4.95. The number of hydrogen-bond donors (Lipinski definition) is 2. The molecule has 1 unspecified atom stereocenters. The maximum absolute atomic E-state index is 11.0. The van der Waals surface area contributed by atoms with E-state index in [1.807, 2.05) is 12.2 Å². The number of amides is 1. The Bertz CT molecular complexity index is 296. The van der Waals surface area contributed by atoms with Crippen molar-refractivity contribution in [2.75, 3.05) is 13.1 Å². The summed E-state index contributed by atoms with van der Waals surface area (Å²) in [5.41, 5.74) is 5.26. The fraction of sp³-hybridized carbons (Fsp3) is 0.500. The monoisotopic (exact) mass is 193 g/mol. The van der Waals surface area contributed by atoms with E-state index in [2.05, 4.69) is 16.3 Å². The third-order valence-electron chi connectivity index (χ3n) is 2.65. The van der Waals surface area contributed by atoms with E-state index < -0.39 is 0 Å². The zero-order chi connectivity index (χ0) is 9.97. The van der Waals surface area contributed by atoms with E-state index in [0.717, 1.165) is 31.8 Å². The van der Waals surface area contributed by atoms with Crippen molar-refractivity contribution in [2.45, 2.75) is 18.9 Å². The molecule has 1 amide bonds. The zero-order valence-electron chi connectivity index (χ0n) is 8.07. The van der Waals surface area contributed by atoms with E-state index in [1.165, 1.54) is 0 Å². The molecule has 76 valence electrons. The molecule has 0 saturated carbocycles. The van der Waals surface area contributed by atoms with Crippen LogP contribution in [-0.2, 0) is 4.79 Å². The number of nitrogens with one attached hydrogen (secondary N) is 1. The van der Waals surface area contributed by atoms with Crippen LogP contribution in [0.5, 0.6) is 0 Å². The minimum absolute atomic E-state index is 0.205. The van der Waals surface area contributed by atoms with Gasteiger partial charge in [0.15, 0.2) is 0 Å². The Morgan fingerprint density at radius 1 is 1.57 bits per heavy atom. The fourth-order valence-corrected chi connectivity index (χ4v) is 1.83. The average molecular weight is 193 g/mol. The number of fused-ring (bicyclic) bond motifs is 1. The molecule has 4 nitrogen and oxygen atoms in total. The van der Waals surface area contributed by atoms with Crippen molar-refractivity contribution in [3.63, 3.8) is 0 Å². The number of hydrogen-bond acceptors (Lipinski definition) is 3. The highest BCUT2D eigenvalue weighted by molar-refractivity contribution is 5.80. The molecule has 0 aromatic carbocycles. The number of carbonyl (C=O) groups is 1. The topological polar surface area (TPSA) is 58.4 Å². The molecule has 2 rings (SSSR count). The highest BCUT2D eigenvalue weighted by Gasteiger charge is 2.25. The third-order valence-corrected chi connectivity index (χ3v) is 2.65. The van der Waals surface area contributed by atoms with Crippen LogP contribution in [0.1, 0.15) is 12.8 Å². The van der Waals surface area contributed by atoms with Gasteiger partial charge < -0.3 is 16.0 Å². The lowest BCUT2D eigenvalue weighted by atomic mass is 10.1. The molecule has 0 aromatic rings. The van der Waals surface area contributed by atoms with Gasteiger partial charge >= 0.3 is 0 Å². The maximum atomic E-state index is 11.0. The van der Waals surface area contributed by atoms with Crippen LogP contribution in [0.2, 0.25) is 0 Å². The van der Waals surface area contributed by atoms with E-state index in [9.17, 15) is 4.79 Å². The predicted molar refractivity (Wildman–Crippen MR) is 54.1 cm³/mol. The Balaban J connectivity index is 2.09. The first-order valence-electron chi connectivity index (χ1n) is 4.95. The van der Waals surface area contributed by atoms with E-state index in [0.29, 0.717) is 0 Å². The Hall–Kier alpha value is -1.45. The van der Waals surface area contributed by atoms with Gasteiger partial charge in [0.2, 0.25) is 5.91 Å². The van der Waals surface area contributed by atoms with Crippen LogP contribution < -0.4 is 11.1 Å². The first-order chi connectivity index (χ1) is 6.77. The molecule has 14 heavy (non-hydrogen) atoms. The molecule has 1 atom stereocenters. The number of primary amides is 1. The van der Waals surface area contributed by atoms with Crippen LogP contribution in [0, 0.1) is 0 Å². The molecular formula is C10H15N3O. The van der Waals surface area contributed by atoms with Gasteiger partial charge in [0.05, 0.1) is 0 Å². The molecule has 0 spiro atoms. The van der Waals surface area contributed by atoms with E-state index in [-0.39, 0.29) is 11.9 Å². The van der Waals surface area contributed by atoms with Crippen molar-refractivity contribution in [3.8, 4) is 0 Å². The van der Waals surface area contributed by atoms with E-state index in [1.54, 1.807) is 0 Å². The van der Waals surface area contributed by atoms with E-state index >= 15 is 0 Å². The number of allylic oxidation sites excluding steroid dienone is 2. The molecule has 2 heterocycles. The SMILES string of the molecule is NC(=O)C1CCN2CCC=CC=C2N1. The molecule has 0 radical (unpaired) electrons. The van der Waals surface area contributed by atoms with Crippen molar-refractivity contribution in [2.24, 2.45) is 5.73 Å². The Morgan fingerprint density at radius 3 is 3.21 bits per heavy atom. The lowest BCUT2D eigenvalue weighted by Gasteiger charge is -2.35. The predicted octanol–water partition coefficient (Wildman–Crippen LogP) is -0.0631. The summed E-state index contributed by atoms with van der Waals surface area (Å²) in [6, 6.07) is -0.205. The first kappa shape index (κ1) is 9.12. The lowest BCUT2D eigenvalue weighted by Crippen LogP contribution is -2.51. The van der Waals surface area contributed by atoms with Crippen molar-refractivity contribution >= 4 is 5.91 Å². The summed E-state index contributed by atoms with van der Waals surface area (Å²) in [5, 5.41) is 3.16. The van der Waals surface area contributed by atoms with Gasteiger partial charge in [0, 0.05) is 13.1 Å². The number of nitrogens with zero attached hydrogens (tertiary/aromatic N) is 1. The molecule has 1 saturated heterocycles. The number of carbonyl (C=O) groups excluding carboxylic acids is 1. The minimum atomic E-state index is -0.265. The average Bonchev–Trinajstić information content (AvgIpc) is 2.41. The molecule has 4 heteroatoms. The summed E-state index contributed by atoms with van der Waals surface area (Å²) in [4.78, 5) is 13.3. The largest absolute Gasteiger partial charge is 0.368 e. The van der Waals surface area contributed by atoms with E-state index in [4.69, 9.17) is 5.73 Å². The van der Waals surface area contributed by atoms with Crippen molar-refractivity contribution < 1.29 is 4.79 Å². The van der Waals surface area contributed by atoms with Crippen LogP contribution in [0.4, 0.5) is 0 Å². The van der Waals surface area contributed by atoms with Gasteiger partial charge in [0.25, 0.3) is 0 Å². The van der Waals surface area contributed by atoms with Crippen molar-refractivity contribution in [1.29, 1.82) is 0 Å². The smallest absolute Gasteiger partial charge is 0.240 e. The summed E-state index contributed by atoms with van der Waals surface area (Å²) in [7, 11) is 0. The molecule has 0 aromatic heterocycles. The van der Waals surface area contributed by atoms with Crippen LogP contribution in [0.3, 0.4) is 0 Å². The van der Waals surface area contributed by atoms with Gasteiger partial charge in [-0.25, -0.2) is 0 Å². The summed E-state index contributed by atoms with van der Waals surface area (Å²) in [5.74, 6) is 0.757. The van der Waals surface area contributed by atoms with Gasteiger partial charge in [0.1, 0.15) is 11.9 Å². The molecule has 1 fully saturated rings. The second-order valence-electron chi connectivity index (χ2n) is 3.64. The third kappa shape index (κ3) is 1.73. The van der Waals surface area contributed by atoms with Crippen LogP contribution in [0.15, 0.2) is 24.0 Å². The normalized spacial score (nSPS) is 25.9. The molecule has 0 bridgehead atoms. The summed E-state index contributed by atoms with van der Waals surface area (Å²) in [6.45, 7) is 1.93. The molecule has 2 aliphatic heterocycles. The Kier molecular flexibility index (Phi) is 2.43. The van der Waals surface area contributed by atoms with Crippen LogP contribution >= 0.6 is 0 Å². The number of rotatable bonds is 1. The second-order valence-corrected chi connectivity index (χ2v) is 3.64. The Labute approximate surface area is 83.4 Å². The molecule has 2 aliphatic rings. The summed E-state index contributed by atoms with van der Waals surface area (Å²) in [6.07, 6.45) is 8.01. The lowest BCUT2D eigenvalue weighted by molar-refractivity contribution is -0.120. The van der Waals surface area contributed by atoms with Gasteiger partial charge in [-0.05, 0) is 18.9 Å². The van der Waals surface area contributed by atoms with Gasteiger partial charge in [-0.1, -0.05) is 12.2 Å². The quantitative estimate of drug-likeness (QED) is 0.613. The minimum Gasteiger partial charge on any atom is -0.368 e. The van der Waals surface area contributed by atoms with Crippen LogP contribution in [0.25, 0.3) is 0 Å². The maximum Gasteiger partial charge on any atom is 0.240 e. The van der Waals surface area contributed by atoms with Crippen molar-refractivity contribution in [1.82, 2.24) is 10.2 Å². The Morgan fingerprint density at radius 2 is 2.43 bits per heavy atom. The number of nitrogens with two attached hydrogens (primary N) is 1. The summed E-state index contributed by atoms with van der Waals surface area (Å²) >= 11 is 0. The standard InChI is InChI=1S/C10H15N3O/c11-10(14)8-5-7-13-6-3-1-2-4-9(13)12-8/h1-2,4,8,12H,3,5-7H2,(H2,11,14).